The molecule has 0 aliphatic rings. The van der Waals surface area contributed by atoms with Crippen molar-refractivity contribution in [1.82, 2.24) is 0 Å². The van der Waals surface area contributed by atoms with Gasteiger partial charge in [0.2, 0.25) is 0 Å². The topological polar surface area (TPSA) is 35.5 Å². The van der Waals surface area contributed by atoms with Crippen LogP contribution in [0.4, 0.5) is 0 Å². The van der Waals surface area contributed by atoms with Crippen molar-refractivity contribution in [3.63, 3.8) is 0 Å². The van der Waals surface area contributed by atoms with E-state index in [0.717, 1.165) is 12.8 Å². The fourth-order valence-corrected chi connectivity index (χ4v) is 0.754. The fourth-order valence-electron chi connectivity index (χ4n) is 0.754. The van der Waals surface area contributed by atoms with E-state index in [1.807, 2.05) is 0 Å². The van der Waals surface area contributed by atoms with E-state index < -0.39 is 0 Å². The molecule has 0 aliphatic carbocycles. The molecule has 0 bridgehead atoms. The fraction of sp³-hybridized carbons (Fsp3) is 0.889. The molecular formula is C9H18O3. The zero-order valence-corrected chi connectivity index (χ0v) is 7.97. The third kappa shape index (κ3) is 7.54. The molecule has 0 aromatic rings. The SMILES string of the molecule is CCCCCCOOC(=O)CC. The maximum atomic E-state index is 10.6. The molecule has 3 nitrogen and oxygen atoms in total. The van der Waals surface area contributed by atoms with Crippen molar-refractivity contribution >= 4 is 5.97 Å². The molecule has 0 heterocycles. The summed E-state index contributed by atoms with van der Waals surface area (Å²) in [5.74, 6) is -0.300. The zero-order chi connectivity index (χ0) is 9.23. The molecule has 3 heteroatoms. The Balaban J connectivity index is 2.95. The summed E-state index contributed by atoms with van der Waals surface area (Å²) in [6, 6.07) is 0. The van der Waals surface area contributed by atoms with Gasteiger partial charge in [0.05, 0.1) is 6.61 Å². The van der Waals surface area contributed by atoms with Gasteiger partial charge in [-0.15, -0.1) is 0 Å². The Kier molecular flexibility index (Phi) is 8.12. The highest BCUT2D eigenvalue weighted by Crippen LogP contribution is 1.99. The quantitative estimate of drug-likeness (QED) is 0.338. The Bertz CT molecular complexity index is 112. The lowest BCUT2D eigenvalue weighted by atomic mass is 10.2. The lowest BCUT2D eigenvalue weighted by molar-refractivity contribution is -0.272. The summed E-state index contributed by atoms with van der Waals surface area (Å²) in [7, 11) is 0. The summed E-state index contributed by atoms with van der Waals surface area (Å²) in [4.78, 5) is 19.7. The normalized spacial score (nSPS) is 9.83. The largest absolute Gasteiger partial charge is 0.342 e. The molecular weight excluding hydrogens is 156 g/mol. The second-order valence-electron chi connectivity index (χ2n) is 2.69. The van der Waals surface area contributed by atoms with Gasteiger partial charge >= 0.3 is 5.97 Å². The Labute approximate surface area is 74.0 Å². The molecule has 0 spiro atoms. The second kappa shape index (κ2) is 8.53. The van der Waals surface area contributed by atoms with Crippen molar-refractivity contribution in [2.24, 2.45) is 0 Å². The van der Waals surface area contributed by atoms with Crippen molar-refractivity contribution in [3.8, 4) is 0 Å². The van der Waals surface area contributed by atoms with Gasteiger partial charge in [0.25, 0.3) is 0 Å². The van der Waals surface area contributed by atoms with Crippen molar-refractivity contribution < 1.29 is 14.6 Å². The van der Waals surface area contributed by atoms with Crippen molar-refractivity contribution in [1.29, 1.82) is 0 Å². The molecule has 0 fully saturated rings. The molecule has 0 rings (SSSR count). The van der Waals surface area contributed by atoms with Crippen LogP contribution >= 0.6 is 0 Å². The van der Waals surface area contributed by atoms with Crippen molar-refractivity contribution in [2.45, 2.75) is 46.0 Å². The highest BCUT2D eigenvalue weighted by atomic mass is 17.2. The molecule has 12 heavy (non-hydrogen) atoms. The van der Waals surface area contributed by atoms with Crippen LogP contribution in [-0.4, -0.2) is 12.6 Å². The summed E-state index contributed by atoms with van der Waals surface area (Å²) >= 11 is 0. The van der Waals surface area contributed by atoms with Gasteiger partial charge in [0, 0.05) is 6.42 Å². The molecule has 0 saturated carbocycles. The average Bonchev–Trinajstić information content (AvgIpc) is 2.10. The van der Waals surface area contributed by atoms with Gasteiger partial charge in [-0.1, -0.05) is 33.1 Å². The van der Waals surface area contributed by atoms with Crippen LogP contribution in [0.25, 0.3) is 0 Å². The van der Waals surface area contributed by atoms with Crippen LogP contribution in [0.15, 0.2) is 0 Å². The maximum Gasteiger partial charge on any atom is 0.342 e. The number of carbonyl (C=O) groups excluding carboxylic acids is 1. The molecule has 0 aliphatic heterocycles. The molecule has 0 atom stereocenters. The summed E-state index contributed by atoms with van der Waals surface area (Å²) < 4.78 is 0. The van der Waals surface area contributed by atoms with E-state index in [1.54, 1.807) is 6.92 Å². The lowest BCUT2D eigenvalue weighted by Crippen LogP contribution is -2.04. The zero-order valence-electron chi connectivity index (χ0n) is 7.97. The van der Waals surface area contributed by atoms with E-state index in [9.17, 15) is 4.79 Å². The molecule has 0 amide bonds. The number of rotatable bonds is 7. The van der Waals surface area contributed by atoms with Gasteiger partial charge < -0.3 is 0 Å². The molecule has 0 saturated heterocycles. The predicted octanol–water partition coefficient (Wildman–Crippen LogP) is 2.45. The van der Waals surface area contributed by atoms with Crippen LogP contribution in [0.5, 0.6) is 0 Å². The van der Waals surface area contributed by atoms with E-state index in [2.05, 4.69) is 16.7 Å². The molecule has 0 aromatic carbocycles. The minimum Gasteiger partial charge on any atom is -0.298 e. The number of unbranched alkanes of at least 4 members (excludes halogenated alkanes) is 3. The summed E-state index contributed by atoms with van der Waals surface area (Å²) in [6.45, 7) is 4.41. The first-order chi connectivity index (χ1) is 5.81. The number of carbonyl (C=O) groups is 1. The third-order valence-corrected chi connectivity index (χ3v) is 1.52. The molecule has 72 valence electrons. The summed E-state index contributed by atoms with van der Waals surface area (Å²) in [5.41, 5.74) is 0. The first kappa shape index (κ1) is 11.4. The van der Waals surface area contributed by atoms with Gasteiger partial charge in [-0.05, 0) is 6.42 Å². The standard InChI is InChI=1S/C9H18O3/c1-3-5-6-7-8-11-12-9(10)4-2/h3-8H2,1-2H3. The molecule has 0 N–H and O–H groups in total. The van der Waals surface area contributed by atoms with Gasteiger partial charge in [-0.2, -0.15) is 4.89 Å². The summed E-state index contributed by atoms with van der Waals surface area (Å²) in [6.07, 6.45) is 4.89. The maximum absolute atomic E-state index is 10.6. The summed E-state index contributed by atoms with van der Waals surface area (Å²) in [5, 5.41) is 0. The van der Waals surface area contributed by atoms with Gasteiger partial charge in [0.15, 0.2) is 0 Å². The van der Waals surface area contributed by atoms with Crippen LogP contribution in [0.3, 0.4) is 0 Å². The van der Waals surface area contributed by atoms with E-state index in [1.165, 1.54) is 12.8 Å². The average molecular weight is 174 g/mol. The van der Waals surface area contributed by atoms with E-state index in [0.29, 0.717) is 13.0 Å². The van der Waals surface area contributed by atoms with Crippen LogP contribution in [0.1, 0.15) is 46.0 Å². The van der Waals surface area contributed by atoms with E-state index in [4.69, 9.17) is 0 Å². The first-order valence-electron chi connectivity index (χ1n) is 4.63. The minimum atomic E-state index is -0.300. The number of hydrogen-bond donors (Lipinski definition) is 0. The molecule has 0 radical (unpaired) electrons. The highest BCUT2D eigenvalue weighted by Gasteiger charge is 1.97. The predicted molar refractivity (Wildman–Crippen MR) is 46.5 cm³/mol. The van der Waals surface area contributed by atoms with Gasteiger partial charge in [0.1, 0.15) is 0 Å². The smallest absolute Gasteiger partial charge is 0.298 e. The Morgan fingerprint density at radius 1 is 1.17 bits per heavy atom. The second-order valence-corrected chi connectivity index (χ2v) is 2.69. The molecule has 0 aromatic heterocycles. The first-order valence-corrected chi connectivity index (χ1v) is 4.63. The third-order valence-electron chi connectivity index (χ3n) is 1.52. The highest BCUT2D eigenvalue weighted by molar-refractivity contribution is 5.68. The number of hydrogen-bond acceptors (Lipinski definition) is 3. The van der Waals surface area contributed by atoms with E-state index >= 15 is 0 Å². The minimum absolute atomic E-state index is 0.300. The van der Waals surface area contributed by atoms with E-state index in [-0.39, 0.29) is 5.97 Å². The van der Waals surface area contributed by atoms with Crippen LogP contribution < -0.4 is 0 Å². The van der Waals surface area contributed by atoms with Gasteiger partial charge in [-0.3, -0.25) is 4.89 Å². The van der Waals surface area contributed by atoms with Crippen LogP contribution in [-0.2, 0) is 14.6 Å². The molecule has 0 unspecified atom stereocenters. The van der Waals surface area contributed by atoms with Crippen molar-refractivity contribution in [2.75, 3.05) is 6.61 Å². The monoisotopic (exact) mass is 174 g/mol. The van der Waals surface area contributed by atoms with Crippen LogP contribution in [0.2, 0.25) is 0 Å². The Hall–Kier alpha value is -0.570. The van der Waals surface area contributed by atoms with Crippen LogP contribution in [0, 0.1) is 0 Å². The van der Waals surface area contributed by atoms with Crippen molar-refractivity contribution in [3.05, 3.63) is 0 Å². The lowest BCUT2D eigenvalue weighted by Gasteiger charge is -2.01. The Morgan fingerprint density at radius 3 is 2.50 bits per heavy atom. The Morgan fingerprint density at radius 2 is 1.92 bits per heavy atom. The van der Waals surface area contributed by atoms with Gasteiger partial charge in [-0.25, -0.2) is 4.79 Å².